The highest BCUT2D eigenvalue weighted by molar-refractivity contribution is 6.03. The minimum atomic E-state index is -0.581. The summed E-state index contributed by atoms with van der Waals surface area (Å²) in [5.74, 6) is 1.62. The number of hydrogen-bond donors (Lipinski definition) is 0. The number of likely N-dealkylation sites (tertiary alicyclic amines) is 1. The molecule has 5 nitrogen and oxygen atoms in total. The highest BCUT2D eigenvalue weighted by Crippen LogP contribution is 2.63. The van der Waals surface area contributed by atoms with Gasteiger partial charge in [-0.1, -0.05) is 6.58 Å². The van der Waals surface area contributed by atoms with Crippen molar-refractivity contribution in [2.24, 2.45) is 29.6 Å². The second-order valence-corrected chi connectivity index (χ2v) is 7.37. The Kier molecular flexibility index (Phi) is 2.97. The van der Waals surface area contributed by atoms with Crippen LogP contribution >= 0.6 is 0 Å². The number of carbonyl (C=O) groups is 3. The van der Waals surface area contributed by atoms with Crippen molar-refractivity contribution >= 4 is 17.8 Å². The summed E-state index contributed by atoms with van der Waals surface area (Å²) in [6, 6.07) is 0.0730. The molecule has 2 bridgehead atoms. The summed E-state index contributed by atoms with van der Waals surface area (Å²) in [5.41, 5.74) is 0.259. The van der Waals surface area contributed by atoms with Crippen molar-refractivity contribution in [3.05, 3.63) is 12.2 Å². The van der Waals surface area contributed by atoms with Crippen LogP contribution in [0, 0.1) is 29.6 Å². The summed E-state index contributed by atoms with van der Waals surface area (Å²) in [6.45, 7) is 4.66. The molecule has 0 radical (unpaired) electrons. The van der Waals surface area contributed by atoms with Crippen molar-refractivity contribution in [1.82, 2.24) is 4.90 Å². The second-order valence-electron chi connectivity index (χ2n) is 7.37. The minimum Gasteiger partial charge on any atom is -0.452 e. The Hall–Kier alpha value is -1.65. The van der Waals surface area contributed by atoms with Gasteiger partial charge >= 0.3 is 5.97 Å². The fourth-order valence-electron chi connectivity index (χ4n) is 5.49. The number of nitrogens with zero attached hydrogens (tertiary/aromatic N) is 1. The van der Waals surface area contributed by atoms with Gasteiger partial charge in [-0.2, -0.15) is 0 Å². The molecule has 0 spiro atoms. The van der Waals surface area contributed by atoms with E-state index in [1.54, 1.807) is 0 Å². The predicted molar refractivity (Wildman–Crippen MR) is 77.3 cm³/mol. The molecule has 4 fully saturated rings. The van der Waals surface area contributed by atoms with Crippen LogP contribution in [-0.2, 0) is 19.1 Å². The van der Waals surface area contributed by atoms with Gasteiger partial charge in [0.1, 0.15) is 0 Å². The van der Waals surface area contributed by atoms with Crippen LogP contribution in [0.25, 0.3) is 0 Å². The van der Waals surface area contributed by atoms with E-state index in [4.69, 9.17) is 4.74 Å². The summed E-state index contributed by atoms with van der Waals surface area (Å²) in [6.07, 6.45) is 4.78. The lowest BCUT2D eigenvalue weighted by Gasteiger charge is -2.45. The van der Waals surface area contributed by atoms with Crippen LogP contribution < -0.4 is 0 Å². The maximum absolute atomic E-state index is 12.3. The average molecular weight is 303 g/mol. The SMILES string of the molecule is C=C(C)C(=O)OCC(=O)N1C(=O)C2CC3C4CCC(C4)C3C21. The standard InChI is InChI=1S/C17H21NO4/c1-8(2)17(21)22-7-13(19)18-15-12(16(18)20)6-11-9-3-4-10(5-9)14(11)15/h9-12,14-15H,1,3-7H2,2H3. The molecular formula is C17H21NO4. The number of carbonyl (C=O) groups excluding carboxylic acids is 3. The quantitative estimate of drug-likeness (QED) is 0.450. The van der Waals surface area contributed by atoms with Gasteiger partial charge in [-0.25, -0.2) is 4.79 Å². The number of amides is 2. The van der Waals surface area contributed by atoms with Gasteiger partial charge in [0.25, 0.3) is 5.91 Å². The Labute approximate surface area is 129 Å². The van der Waals surface area contributed by atoms with E-state index in [1.807, 2.05) is 0 Å². The lowest BCUT2D eigenvalue weighted by atomic mass is 9.77. The van der Waals surface area contributed by atoms with Crippen molar-refractivity contribution in [3.63, 3.8) is 0 Å². The zero-order valence-corrected chi connectivity index (χ0v) is 12.8. The van der Waals surface area contributed by atoms with Crippen molar-refractivity contribution < 1.29 is 19.1 Å². The first-order chi connectivity index (χ1) is 10.5. The van der Waals surface area contributed by atoms with Gasteiger partial charge < -0.3 is 4.74 Å². The molecule has 6 atom stereocenters. The number of rotatable bonds is 3. The van der Waals surface area contributed by atoms with Gasteiger partial charge in [0.15, 0.2) is 6.61 Å². The molecule has 0 aromatic rings. The molecule has 0 N–H and O–H groups in total. The van der Waals surface area contributed by atoms with Gasteiger partial charge in [0.2, 0.25) is 5.91 Å². The first-order valence-corrected chi connectivity index (χ1v) is 8.17. The van der Waals surface area contributed by atoms with Crippen molar-refractivity contribution in [3.8, 4) is 0 Å². The molecule has 4 rings (SSSR count). The van der Waals surface area contributed by atoms with E-state index in [0.717, 1.165) is 12.3 Å². The smallest absolute Gasteiger partial charge is 0.333 e. The molecule has 1 heterocycles. The van der Waals surface area contributed by atoms with Crippen molar-refractivity contribution in [2.75, 3.05) is 6.61 Å². The molecule has 0 aromatic carbocycles. The minimum absolute atomic E-state index is 0.0409. The predicted octanol–water partition coefficient (Wildman–Crippen LogP) is 1.53. The van der Waals surface area contributed by atoms with E-state index in [9.17, 15) is 14.4 Å². The zero-order valence-electron chi connectivity index (χ0n) is 12.8. The van der Waals surface area contributed by atoms with E-state index >= 15 is 0 Å². The fraction of sp³-hybridized carbons (Fsp3) is 0.706. The molecular weight excluding hydrogens is 282 g/mol. The van der Waals surface area contributed by atoms with E-state index in [2.05, 4.69) is 6.58 Å². The molecule has 3 saturated carbocycles. The summed E-state index contributed by atoms with van der Waals surface area (Å²) in [4.78, 5) is 37.4. The normalized spacial score (nSPS) is 41.0. The summed E-state index contributed by atoms with van der Waals surface area (Å²) >= 11 is 0. The van der Waals surface area contributed by atoms with Crippen molar-refractivity contribution in [2.45, 2.75) is 38.6 Å². The highest BCUT2D eigenvalue weighted by Gasteiger charge is 2.66. The van der Waals surface area contributed by atoms with Gasteiger partial charge in [-0.3, -0.25) is 14.5 Å². The molecule has 1 aliphatic heterocycles. The van der Waals surface area contributed by atoms with E-state index in [0.29, 0.717) is 17.8 Å². The maximum Gasteiger partial charge on any atom is 0.333 e. The molecule has 0 aromatic heterocycles. The van der Waals surface area contributed by atoms with Crippen LogP contribution in [-0.4, -0.2) is 35.3 Å². The third kappa shape index (κ3) is 1.74. The first-order valence-electron chi connectivity index (χ1n) is 8.17. The monoisotopic (exact) mass is 303 g/mol. The highest BCUT2D eigenvalue weighted by atomic mass is 16.5. The average Bonchev–Trinajstić information content (AvgIpc) is 3.15. The van der Waals surface area contributed by atoms with Crippen molar-refractivity contribution in [1.29, 1.82) is 0 Å². The van der Waals surface area contributed by atoms with E-state index < -0.39 is 5.97 Å². The number of ether oxygens (including phenoxy) is 1. The molecule has 2 amide bonds. The largest absolute Gasteiger partial charge is 0.452 e. The number of esters is 1. The van der Waals surface area contributed by atoms with Crippen LogP contribution in [0.15, 0.2) is 12.2 Å². The van der Waals surface area contributed by atoms with E-state index in [-0.39, 0.29) is 36.0 Å². The number of β-lactam (4-membered cyclic amide) rings is 1. The molecule has 22 heavy (non-hydrogen) atoms. The topological polar surface area (TPSA) is 63.7 Å². The van der Waals surface area contributed by atoms with Crippen LogP contribution in [0.5, 0.6) is 0 Å². The molecule has 118 valence electrons. The molecule has 3 aliphatic carbocycles. The van der Waals surface area contributed by atoms with Crippen LogP contribution in [0.2, 0.25) is 0 Å². The third-order valence-electron chi connectivity index (χ3n) is 6.29. The third-order valence-corrected chi connectivity index (χ3v) is 6.29. The maximum atomic E-state index is 12.3. The molecule has 1 saturated heterocycles. The fourth-order valence-corrected chi connectivity index (χ4v) is 5.49. The Morgan fingerprint density at radius 3 is 2.73 bits per heavy atom. The number of fused-ring (bicyclic) bond motifs is 7. The molecule has 6 unspecified atom stereocenters. The Balaban J connectivity index is 1.45. The Morgan fingerprint density at radius 2 is 2.00 bits per heavy atom. The van der Waals surface area contributed by atoms with Gasteiger partial charge in [0, 0.05) is 5.57 Å². The van der Waals surface area contributed by atoms with Crippen LogP contribution in [0.3, 0.4) is 0 Å². The summed E-state index contributed by atoms with van der Waals surface area (Å²) < 4.78 is 4.91. The summed E-state index contributed by atoms with van der Waals surface area (Å²) in [7, 11) is 0. The van der Waals surface area contributed by atoms with Crippen LogP contribution in [0.4, 0.5) is 0 Å². The zero-order chi connectivity index (χ0) is 15.6. The number of hydrogen-bond acceptors (Lipinski definition) is 4. The second kappa shape index (κ2) is 4.67. The number of imide groups is 1. The lowest BCUT2D eigenvalue weighted by molar-refractivity contribution is -0.171. The van der Waals surface area contributed by atoms with E-state index in [1.165, 1.54) is 31.1 Å². The van der Waals surface area contributed by atoms with Gasteiger partial charge in [-0.05, 0) is 56.3 Å². The lowest BCUT2D eigenvalue weighted by Crippen LogP contribution is -2.64. The molecule has 5 heteroatoms. The van der Waals surface area contributed by atoms with Gasteiger partial charge in [-0.15, -0.1) is 0 Å². The summed E-state index contributed by atoms with van der Waals surface area (Å²) in [5, 5.41) is 0. The Morgan fingerprint density at radius 1 is 1.27 bits per heavy atom. The van der Waals surface area contributed by atoms with Gasteiger partial charge in [0.05, 0.1) is 12.0 Å². The first kappa shape index (κ1) is 14.0. The Bertz CT molecular complexity index is 583. The van der Waals surface area contributed by atoms with Crippen LogP contribution in [0.1, 0.15) is 32.6 Å². The molecule has 4 aliphatic rings.